The van der Waals surface area contributed by atoms with E-state index < -0.39 is 0 Å². The summed E-state index contributed by atoms with van der Waals surface area (Å²) in [6, 6.07) is 0. The predicted molar refractivity (Wildman–Crippen MR) is 49.0 cm³/mol. The summed E-state index contributed by atoms with van der Waals surface area (Å²) in [5.41, 5.74) is 0. The van der Waals surface area contributed by atoms with E-state index in [9.17, 15) is 5.11 Å². The molecule has 1 saturated carbocycles. The van der Waals surface area contributed by atoms with Crippen molar-refractivity contribution in [2.45, 2.75) is 32.3 Å². The number of β-amino-alcohol motifs (C(OH)–C–C–N with tert-alkyl or cyclic N) is 1. The third-order valence-corrected chi connectivity index (χ3v) is 3.32. The highest BCUT2D eigenvalue weighted by atomic mass is 16.3. The van der Waals surface area contributed by atoms with Crippen molar-refractivity contribution in [2.24, 2.45) is 11.8 Å². The lowest BCUT2D eigenvalue weighted by Crippen LogP contribution is -2.29. The van der Waals surface area contributed by atoms with Gasteiger partial charge >= 0.3 is 0 Å². The van der Waals surface area contributed by atoms with Crippen molar-refractivity contribution in [3.63, 3.8) is 0 Å². The van der Waals surface area contributed by atoms with Crippen LogP contribution in [0.2, 0.25) is 0 Å². The van der Waals surface area contributed by atoms with Gasteiger partial charge in [0.2, 0.25) is 0 Å². The van der Waals surface area contributed by atoms with E-state index in [0.29, 0.717) is 0 Å². The van der Waals surface area contributed by atoms with Gasteiger partial charge in [-0.3, -0.25) is 0 Å². The van der Waals surface area contributed by atoms with Crippen LogP contribution >= 0.6 is 0 Å². The minimum Gasteiger partial charge on any atom is -0.392 e. The second-order valence-electron chi connectivity index (χ2n) is 4.52. The van der Waals surface area contributed by atoms with E-state index >= 15 is 0 Å². The topological polar surface area (TPSA) is 23.5 Å². The van der Waals surface area contributed by atoms with Crippen LogP contribution in [0.15, 0.2) is 0 Å². The van der Waals surface area contributed by atoms with Crippen LogP contribution < -0.4 is 0 Å². The summed E-state index contributed by atoms with van der Waals surface area (Å²) < 4.78 is 0. The molecule has 0 amide bonds. The summed E-state index contributed by atoms with van der Waals surface area (Å²) in [7, 11) is 0. The smallest absolute Gasteiger partial charge is 0.0639 e. The minimum atomic E-state index is -0.149. The van der Waals surface area contributed by atoms with Gasteiger partial charge in [0.25, 0.3) is 0 Å². The zero-order valence-electron chi connectivity index (χ0n) is 7.87. The van der Waals surface area contributed by atoms with E-state index in [1.165, 1.54) is 32.4 Å². The molecule has 1 aliphatic heterocycles. The van der Waals surface area contributed by atoms with Gasteiger partial charge in [-0.15, -0.1) is 0 Å². The van der Waals surface area contributed by atoms with Gasteiger partial charge in [0.15, 0.2) is 0 Å². The van der Waals surface area contributed by atoms with Crippen molar-refractivity contribution in [1.82, 2.24) is 4.90 Å². The maximum absolute atomic E-state index is 9.23. The van der Waals surface area contributed by atoms with Gasteiger partial charge in [0, 0.05) is 19.6 Å². The van der Waals surface area contributed by atoms with Gasteiger partial charge in [0.1, 0.15) is 0 Å². The Hall–Kier alpha value is -0.0800. The van der Waals surface area contributed by atoms with Crippen LogP contribution in [0.3, 0.4) is 0 Å². The molecule has 1 N–H and O–H groups in total. The Morgan fingerprint density at radius 3 is 2.42 bits per heavy atom. The van der Waals surface area contributed by atoms with E-state index in [1.807, 2.05) is 6.92 Å². The summed E-state index contributed by atoms with van der Waals surface area (Å²) in [4.78, 5) is 2.43. The Kier molecular flexibility index (Phi) is 2.37. The number of likely N-dealkylation sites (tertiary alicyclic amines) is 1. The van der Waals surface area contributed by atoms with E-state index in [4.69, 9.17) is 0 Å². The summed E-state index contributed by atoms with van der Waals surface area (Å²) in [5.74, 6) is 1.92. The summed E-state index contributed by atoms with van der Waals surface area (Å²) in [6.07, 6.45) is 4.16. The first-order chi connectivity index (χ1) is 5.75. The normalized spacial score (nSPS) is 38.5. The van der Waals surface area contributed by atoms with Crippen molar-refractivity contribution in [3.8, 4) is 0 Å². The molecule has 2 heteroatoms. The number of nitrogens with zero attached hydrogens (tertiary/aromatic N) is 1. The molecule has 1 heterocycles. The number of rotatable bonds is 2. The maximum atomic E-state index is 9.23. The number of aliphatic hydroxyl groups excluding tert-OH is 1. The van der Waals surface area contributed by atoms with Crippen LogP contribution in [0.5, 0.6) is 0 Å². The Bertz CT molecular complexity index is 146. The first kappa shape index (κ1) is 8.52. The molecule has 0 bridgehead atoms. The summed E-state index contributed by atoms with van der Waals surface area (Å²) in [5, 5.41) is 9.23. The fourth-order valence-corrected chi connectivity index (χ4v) is 2.85. The molecular formula is C10H19NO. The standard InChI is InChI=1S/C10H19NO/c1-8(12)5-11-6-9-3-2-4-10(9)7-11/h8-10,12H,2-7H2,1H3. The first-order valence-electron chi connectivity index (χ1n) is 5.16. The molecule has 70 valence electrons. The molecule has 2 rings (SSSR count). The first-order valence-corrected chi connectivity index (χ1v) is 5.16. The number of fused-ring (bicyclic) bond motifs is 1. The number of hydrogen-bond donors (Lipinski definition) is 1. The van der Waals surface area contributed by atoms with Gasteiger partial charge in [-0.25, -0.2) is 0 Å². The Labute approximate surface area is 74.6 Å². The van der Waals surface area contributed by atoms with Crippen LogP contribution in [0.1, 0.15) is 26.2 Å². The lowest BCUT2D eigenvalue weighted by molar-refractivity contribution is 0.136. The molecule has 1 aliphatic carbocycles. The average Bonchev–Trinajstić information content (AvgIpc) is 2.43. The molecule has 0 spiro atoms. The Morgan fingerprint density at radius 2 is 1.92 bits per heavy atom. The monoisotopic (exact) mass is 169 g/mol. The second kappa shape index (κ2) is 3.35. The molecule has 2 aliphatic rings. The van der Waals surface area contributed by atoms with E-state index in [0.717, 1.165) is 18.4 Å². The highest BCUT2D eigenvalue weighted by molar-refractivity contribution is 4.88. The Morgan fingerprint density at radius 1 is 1.33 bits per heavy atom. The molecule has 12 heavy (non-hydrogen) atoms. The molecular weight excluding hydrogens is 150 g/mol. The number of hydrogen-bond acceptors (Lipinski definition) is 2. The highest BCUT2D eigenvalue weighted by Gasteiger charge is 2.35. The van der Waals surface area contributed by atoms with E-state index in [-0.39, 0.29) is 6.10 Å². The third kappa shape index (κ3) is 1.64. The lowest BCUT2D eigenvalue weighted by Gasteiger charge is -2.17. The van der Waals surface area contributed by atoms with Crippen LogP contribution in [0.25, 0.3) is 0 Å². The molecule has 0 aromatic rings. The second-order valence-corrected chi connectivity index (χ2v) is 4.52. The van der Waals surface area contributed by atoms with Gasteiger partial charge in [-0.2, -0.15) is 0 Å². The zero-order chi connectivity index (χ0) is 8.55. The zero-order valence-corrected chi connectivity index (χ0v) is 7.87. The lowest BCUT2D eigenvalue weighted by atomic mass is 10.0. The predicted octanol–water partition coefficient (Wildman–Crippen LogP) is 1.10. The van der Waals surface area contributed by atoms with Gasteiger partial charge in [-0.1, -0.05) is 6.42 Å². The van der Waals surface area contributed by atoms with E-state index in [1.54, 1.807) is 0 Å². The van der Waals surface area contributed by atoms with Gasteiger partial charge in [-0.05, 0) is 31.6 Å². The van der Waals surface area contributed by atoms with Gasteiger partial charge in [0.05, 0.1) is 6.10 Å². The minimum absolute atomic E-state index is 0.149. The molecule has 3 atom stereocenters. The van der Waals surface area contributed by atoms with Crippen molar-refractivity contribution in [2.75, 3.05) is 19.6 Å². The summed E-state index contributed by atoms with van der Waals surface area (Å²) >= 11 is 0. The van der Waals surface area contributed by atoms with Crippen molar-refractivity contribution in [3.05, 3.63) is 0 Å². The molecule has 0 aromatic heterocycles. The SMILES string of the molecule is CC(O)CN1CC2CCCC2C1. The third-order valence-electron chi connectivity index (χ3n) is 3.32. The van der Waals surface area contributed by atoms with Crippen LogP contribution in [0.4, 0.5) is 0 Å². The van der Waals surface area contributed by atoms with E-state index in [2.05, 4.69) is 4.90 Å². The van der Waals surface area contributed by atoms with Crippen molar-refractivity contribution >= 4 is 0 Å². The molecule has 3 unspecified atom stereocenters. The van der Waals surface area contributed by atoms with Crippen LogP contribution in [0, 0.1) is 11.8 Å². The molecule has 0 radical (unpaired) electrons. The quantitative estimate of drug-likeness (QED) is 0.669. The molecule has 1 saturated heterocycles. The number of aliphatic hydroxyl groups is 1. The van der Waals surface area contributed by atoms with Crippen molar-refractivity contribution in [1.29, 1.82) is 0 Å². The Balaban J connectivity index is 1.82. The summed E-state index contributed by atoms with van der Waals surface area (Å²) in [6.45, 7) is 5.26. The van der Waals surface area contributed by atoms with Crippen LogP contribution in [-0.2, 0) is 0 Å². The van der Waals surface area contributed by atoms with Crippen LogP contribution in [-0.4, -0.2) is 35.7 Å². The molecule has 0 aromatic carbocycles. The fraction of sp³-hybridized carbons (Fsp3) is 1.00. The highest BCUT2D eigenvalue weighted by Crippen LogP contribution is 2.37. The average molecular weight is 169 g/mol. The maximum Gasteiger partial charge on any atom is 0.0639 e. The largest absolute Gasteiger partial charge is 0.392 e. The molecule has 2 nitrogen and oxygen atoms in total. The fourth-order valence-electron chi connectivity index (χ4n) is 2.85. The van der Waals surface area contributed by atoms with Gasteiger partial charge < -0.3 is 10.0 Å². The molecule has 2 fully saturated rings. The van der Waals surface area contributed by atoms with Crippen molar-refractivity contribution < 1.29 is 5.11 Å².